The predicted molar refractivity (Wildman–Crippen MR) is 93.3 cm³/mol. The molecular formula is C18H17Cl2NO3. The molecule has 0 radical (unpaired) electrons. The highest BCUT2D eigenvalue weighted by atomic mass is 35.5. The van der Waals surface area contributed by atoms with Crippen LogP contribution in [0, 0.1) is 19.8 Å². The minimum absolute atomic E-state index is 0.0126. The number of halogens is 2. The number of carbonyl (C=O) groups is 2. The van der Waals surface area contributed by atoms with Crippen LogP contribution < -0.4 is 0 Å². The summed E-state index contributed by atoms with van der Waals surface area (Å²) in [6.07, 6.45) is 1.72. The summed E-state index contributed by atoms with van der Waals surface area (Å²) in [5.74, 6) is -0.494. The standard InChI is InChI=1S/C18H17Cl2NO3/c1-10-7-14(17(22)9-24-18(23)12-3-4-12)11(2)21(10)13-5-6-15(19)16(20)8-13/h5-8,12H,3-4,9H2,1-2H3. The highest BCUT2D eigenvalue weighted by Crippen LogP contribution is 2.30. The molecule has 1 saturated carbocycles. The first-order valence-corrected chi connectivity index (χ1v) is 8.48. The molecule has 3 rings (SSSR count). The van der Waals surface area contributed by atoms with Crippen LogP contribution in [0.1, 0.15) is 34.6 Å². The maximum Gasteiger partial charge on any atom is 0.309 e. The van der Waals surface area contributed by atoms with Gasteiger partial charge < -0.3 is 9.30 Å². The fourth-order valence-corrected chi connectivity index (χ4v) is 3.01. The van der Waals surface area contributed by atoms with Crippen molar-refractivity contribution in [2.45, 2.75) is 26.7 Å². The Balaban J connectivity index is 1.84. The Morgan fingerprint density at radius 1 is 1.17 bits per heavy atom. The van der Waals surface area contributed by atoms with Crippen LogP contribution in [0.15, 0.2) is 24.3 Å². The molecule has 6 heteroatoms. The van der Waals surface area contributed by atoms with E-state index in [1.807, 2.05) is 24.5 Å². The number of benzene rings is 1. The van der Waals surface area contributed by atoms with Crippen molar-refractivity contribution in [3.63, 3.8) is 0 Å². The van der Waals surface area contributed by atoms with E-state index < -0.39 is 0 Å². The molecule has 1 aromatic heterocycles. The smallest absolute Gasteiger partial charge is 0.309 e. The van der Waals surface area contributed by atoms with Crippen molar-refractivity contribution in [2.75, 3.05) is 6.61 Å². The number of nitrogens with zero attached hydrogens (tertiary/aromatic N) is 1. The molecule has 1 fully saturated rings. The Morgan fingerprint density at radius 2 is 1.88 bits per heavy atom. The third-order valence-electron chi connectivity index (χ3n) is 4.15. The van der Waals surface area contributed by atoms with E-state index in [2.05, 4.69) is 0 Å². The lowest BCUT2D eigenvalue weighted by molar-refractivity contribution is -0.144. The Hall–Kier alpha value is -1.78. The number of hydrogen-bond donors (Lipinski definition) is 0. The molecule has 0 amide bonds. The van der Waals surface area contributed by atoms with Crippen LogP contribution in [0.2, 0.25) is 10.0 Å². The third-order valence-corrected chi connectivity index (χ3v) is 4.89. The minimum atomic E-state index is -0.276. The van der Waals surface area contributed by atoms with E-state index in [4.69, 9.17) is 27.9 Å². The SMILES string of the molecule is Cc1cc(C(=O)COC(=O)C2CC2)c(C)n1-c1ccc(Cl)c(Cl)c1. The first kappa shape index (κ1) is 17.1. The molecule has 1 aromatic carbocycles. The van der Waals surface area contributed by atoms with Gasteiger partial charge in [0.15, 0.2) is 6.61 Å². The topological polar surface area (TPSA) is 48.3 Å². The fourth-order valence-electron chi connectivity index (χ4n) is 2.72. The molecule has 0 unspecified atom stereocenters. The lowest BCUT2D eigenvalue weighted by Crippen LogP contribution is -2.15. The van der Waals surface area contributed by atoms with Crippen LogP contribution >= 0.6 is 23.2 Å². The quantitative estimate of drug-likeness (QED) is 0.577. The number of aryl methyl sites for hydroxylation is 1. The van der Waals surface area contributed by atoms with Crippen molar-refractivity contribution in [3.8, 4) is 5.69 Å². The van der Waals surface area contributed by atoms with Crippen LogP contribution in [0.4, 0.5) is 0 Å². The van der Waals surface area contributed by atoms with Gasteiger partial charge in [0.25, 0.3) is 0 Å². The van der Waals surface area contributed by atoms with Crippen molar-refractivity contribution < 1.29 is 14.3 Å². The second kappa shape index (κ2) is 6.61. The molecule has 1 aliphatic rings. The molecule has 126 valence electrons. The summed E-state index contributed by atoms with van der Waals surface area (Å²) in [5.41, 5.74) is 3.04. The van der Waals surface area contributed by atoms with Crippen LogP contribution in [0.3, 0.4) is 0 Å². The Morgan fingerprint density at radius 3 is 2.50 bits per heavy atom. The number of Topliss-reactive ketones (excluding diaryl/α,β-unsaturated/α-hetero) is 1. The monoisotopic (exact) mass is 365 g/mol. The van der Waals surface area contributed by atoms with Crippen molar-refractivity contribution in [3.05, 3.63) is 51.3 Å². The van der Waals surface area contributed by atoms with Gasteiger partial charge in [0.05, 0.1) is 16.0 Å². The van der Waals surface area contributed by atoms with Gasteiger partial charge in [-0.15, -0.1) is 0 Å². The van der Waals surface area contributed by atoms with Gasteiger partial charge in [-0.1, -0.05) is 23.2 Å². The highest BCUT2D eigenvalue weighted by molar-refractivity contribution is 6.42. The lowest BCUT2D eigenvalue weighted by Gasteiger charge is -2.11. The average Bonchev–Trinajstić information content (AvgIpc) is 3.34. The Kier molecular flexibility index (Phi) is 4.70. The van der Waals surface area contributed by atoms with E-state index in [0.717, 1.165) is 29.9 Å². The van der Waals surface area contributed by atoms with Crippen molar-refractivity contribution >= 4 is 35.0 Å². The summed E-state index contributed by atoms with van der Waals surface area (Å²) < 4.78 is 7.02. The molecular weight excluding hydrogens is 349 g/mol. The van der Waals surface area contributed by atoms with Gasteiger partial charge in [0.2, 0.25) is 5.78 Å². The molecule has 0 saturated heterocycles. The van der Waals surface area contributed by atoms with E-state index in [9.17, 15) is 9.59 Å². The summed E-state index contributed by atoms with van der Waals surface area (Å²) in [7, 11) is 0. The van der Waals surface area contributed by atoms with Crippen LogP contribution in [0.25, 0.3) is 5.69 Å². The zero-order valence-corrected chi connectivity index (χ0v) is 14.9. The van der Waals surface area contributed by atoms with E-state index >= 15 is 0 Å². The van der Waals surface area contributed by atoms with E-state index in [1.165, 1.54) is 0 Å². The number of hydrogen-bond acceptors (Lipinski definition) is 3. The van der Waals surface area contributed by atoms with E-state index in [-0.39, 0.29) is 24.3 Å². The second-order valence-electron chi connectivity index (χ2n) is 6.02. The first-order chi connectivity index (χ1) is 11.4. The van der Waals surface area contributed by atoms with Gasteiger partial charge in [0, 0.05) is 22.6 Å². The summed E-state index contributed by atoms with van der Waals surface area (Å²) in [6.45, 7) is 3.54. The lowest BCUT2D eigenvalue weighted by atomic mass is 10.1. The van der Waals surface area contributed by atoms with Crippen LogP contribution in [0.5, 0.6) is 0 Å². The van der Waals surface area contributed by atoms with Crippen LogP contribution in [-0.4, -0.2) is 22.9 Å². The first-order valence-electron chi connectivity index (χ1n) is 7.72. The van der Waals surface area contributed by atoms with Gasteiger partial charge in [-0.25, -0.2) is 0 Å². The number of rotatable bonds is 5. The number of aromatic nitrogens is 1. The molecule has 0 spiro atoms. The fraction of sp³-hybridized carbons (Fsp3) is 0.333. The van der Waals surface area contributed by atoms with Gasteiger partial charge in [0.1, 0.15) is 0 Å². The highest BCUT2D eigenvalue weighted by Gasteiger charge is 2.31. The largest absolute Gasteiger partial charge is 0.457 e. The molecule has 2 aromatic rings. The van der Waals surface area contributed by atoms with Crippen LogP contribution in [-0.2, 0) is 9.53 Å². The third kappa shape index (κ3) is 3.35. The summed E-state index contributed by atoms with van der Waals surface area (Å²) in [6, 6.07) is 7.11. The Bertz CT molecular complexity index is 822. The molecule has 1 aliphatic carbocycles. The summed E-state index contributed by atoms with van der Waals surface area (Å²) >= 11 is 12.0. The Labute approximate surface area is 150 Å². The molecule has 1 heterocycles. The second-order valence-corrected chi connectivity index (χ2v) is 6.84. The number of carbonyl (C=O) groups excluding carboxylic acids is 2. The normalized spacial score (nSPS) is 13.8. The predicted octanol–water partition coefficient (Wildman–Crippen LogP) is 4.54. The maximum atomic E-state index is 12.4. The van der Waals surface area contributed by atoms with Gasteiger partial charge in [-0.2, -0.15) is 0 Å². The van der Waals surface area contributed by atoms with Gasteiger partial charge in [-0.05, 0) is 51.0 Å². The average molecular weight is 366 g/mol. The summed E-state index contributed by atoms with van der Waals surface area (Å²) in [5, 5.41) is 0.930. The molecule has 0 aliphatic heterocycles. The zero-order chi connectivity index (χ0) is 17.4. The molecule has 4 nitrogen and oxygen atoms in total. The number of esters is 1. The van der Waals surface area contributed by atoms with Gasteiger partial charge >= 0.3 is 5.97 Å². The number of ketones is 1. The van der Waals surface area contributed by atoms with Gasteiger partial charge in [-0.3, -0.25) is 9.59 Å². The zero-order valence-electron chi connectivity index (χ0n) is 13.4. The minimum Gasteiger partial charge on any atom is -0.457 e. The molecule has 0 N–H and O–H groups in total. The molecule has 24 heavy (non-hydrogen) atoms. The number of ether oxygens (including phenoxy) is 1. The van der Waals surface area contributed by atoms with Crippen molar-refractivity contribution in [2.24, 2.45) is 5.92 Å². The molecule has 0 bridgehead atoms. The maximum absolute atomic E-state index is 12.4. The summed E-state index contributed by atoms with van der Waals surface area (Å²) in [4.78, 5) is 24.0. The van der Waals surface area contributed by atoms with E-state index in [0.29, 0.717) is 15.6 Å². The van der Waals surface area contributed by atoms with Crippen molar-refractivity contribution in [1.29, 1.82) is 0 Å². The van der Waals surface area contributed by atoms with E-state index in [1.54, 1.807) is 18.2 Å². The van der Waals surface area contributed by atoms with Crippen molar-refractivity contribution in [1.82, 2.24) is 4.57 Å². The molecule has 0 atom stereocenters.